The number of nitrogens with zero attached hydrogens (tertiary/aromatic N) is 2. The Labute approximate surface area is 145 Å². The molecule has 0 aliphatic heterocycles. The standard InChI is InChI=1S/C16H10ClN3O3S/c17-11-6-4-10(5-7-11)16-19-14(9-24-16)15(21)18-12-2-1-3-13(8-12)20(22)23/h1-9H,(H,18,21). The van der Waals surface area contributed by atoms with Crippen LogP contribution in [-0.4, -0.2) is 15.8 Å². The van der Waals surface area contributed by atoms with Crippen molar-refractivity contribution in [2.24, 2.45) is 0 Å². The summed E-state index contributed by atoms with van der Waals surface area (Å²) < 4.78 is 0. The second-order valence-electron chi connectivity index (χ2n) is 4.81. The van der Waals surface area contributed by atoms with Gasteiger partial charge >= 0.3 is 0 Å². The zero-order chi connectivity index (χ0) is 17.1. The van der Waals surface area contributed by atoms with Crippen molar-refractivity contribution >= 4 is 40.2 Å². The Morgan fingerprint density at radius 2 is 1.96 bits per heavy atom. The number of thiazole rings is 1. The van der Waals surface area contributed by atoms with Crippen LogP contribution >= 0.6 is 22.9 Å². The first-order chi connectivity index (χ1) is 11.5. The van der Waals surface area contributed by atoms with Crippen LogP contribution in [0.25, 0.3) is 10.6 Å². The van der Waals surface area contributed by atoms with E-state index < -0.39 is 10.8 Å². The smallest absolute Gasteiger partial charge is 0.275 e. The van der Waals surface area contributed by atoms with E-state index in [1.807, 2.05) is 12.1 Å². The third-order valence-electron chi connectivity index (χ3n) is 3.14. The molecular formula is C16H10ClN3O3S. The molecule has 0 fully saturated rings. The van der Waals surface area contributed by atoms with Gasteiger partial charge in [-0.25, -0.2) is 4.98 Å². The number of anilines is 1. The van der Waals surface area contributed by atoms with Gasteiger partial charge in [0, 0.05) is 33.8 Å². The molecule has 0 saturated carbocycles. The SMILES string of the molecule is O=C(Nc1cccc([N+](=O)[O-])c1)c1csc(-c2ccc(Cl)cc2)n1. The number of nitro benzene ring substituents is 1. The van der Waals surface area contributed by atoms with Crippen LogP contribution in [0.4, 0.5) is 11.4 Å². The number of halogens is 1. The van der Waals surface area contributed by atoms with Crippen LogP contribution in [-0.2, 0) is 0 Å². The van der Waals surface area contributed by atoms with Crippen LogP contribution in [0.3, 0.4) is 0 Å². The van der Waals surface area contributed by atoms with Gasteiger partial charge in [-0.1, -0.05) is 29.8 Å². The Kier molecular flexibility index (Phi) is 4.54. The summed E-state index contributed by atoms with van der Waals surface area (Å²) in [5.74, 6) is -0.424. The Bertz CT molecular complexity index is 909. The van der Waals surface area contributed by atoms with Crippen LogP contribution in [0.15, 0.2) is 53.9 Å². The van der Waals surface area contributed by atoms with Gasteiger partial charge in [0.05, 0.1) is 4.92 Å². The molecule has 0 aliphatic carbocycles. The molecule has 1 amide bonds. The van der Waals surface area contributed by atoms with Gasteiger partial charge in [0.15, 0.2) is 0 Å². The minimum absolute atomic E-state index is 0.0899. The zero-order valence-corrected chi connectivity index (χ0v) is 13.7. The predicted molar refractivity (Wildman–Crippen MR) is 93.6 cm³/mol. The lowest BCUT2D eigenvalue weighted by molar-refractivity contribution is -0.384. The summed E-state index contributed by atoms with van der Waals surface area (Å²) >= 11 is 7.18. The van der Waals surface area contributed by atoms with Gasteiger partial charge in [0.2, 0.25) is 0 Å². The van der Waals surface area contributed by atoms with Crippen molar-refractivity contribution in [2.45, 2.75) is 0 Å². The molecule has 1 N–H and O–H groups in total. The minimum Gasteiger partial charge on any atom is -0.320 e. The normalized spacial score (nSPS) is 10.4. The maximum absolute atomic E-state index is 12.2. The fraction of sp³-hybridized carbons (Fsp3) is 0. The first-order valence-corrected chi connectivity index (χ1v) is 8.06. The number of amides is 1. The molecule has 0 bridgehead atoms. The van der Waals surface area contributed by atoms with E-state index in [9.17, 15) is 14.9 Å². The molecular weight excluding hydrogens is 350 g/mol. The Hall–Kier alpha value is -2.77. The molecule has 24 heavy (non-hydrogen) atoms. The molecule has 0 unspecified atom stereocenters. The highest BCUT2D eigenvalue weighted by Crippen LogP contribution is 2.25. The Morgan fingerprint density at radius 3 is 2.67 bits per heavy atom. The Morgan fingerprint density at radius 1 is 1.21 bits per heavy atom. The quantitative estimate of drug-likeness (QED) is 0.543. The summed E-state index contributed by atoms with van der Waals surface area (Å²) in [6.45, 7) is 0. The first-order valence-electron chi connectivity index (χ1n) is 6.80. The maximum atomic E-state index is 12.2. The van der Waals surface area contributed by atoms with E-state index in [1.165, 1.54) is 29.5 Å². The van der Waals surface area contributed by atoms with Crippen molar-refractivity contribution in [3.63, 3.8) is 0 Å². The largest absolute Gasteiger partial charge is 0.320 e. The van der Waals surface area contributed by atoms with Crippen LogP contribution in [0, 0.1) is 10.1 Å². The molecule has 0 atom stereocenters. The highest BCUT2D eigenvalue weighted by molar-refractivity contribution is 7.13. The summed E-state index contributed by atoms with van der Waals surface area (Å²) in [5.41, 5.74) is 1.36. The zero-order valence-electron chi connectivity index (χ0n) is 12.1. The topological polar surface area (TPSA) is 85.1 Å². The van der Waals surface area contributed by atoms with Gasteiger partial charge in [-0.05, 0) is 18.2 Å². The summed E-state index contributed by atoms with van der Waals surface area (Å²) in [6.07, 6.45) is 0. The number of benzene rings is 2. The lowest BCUT2D eigenvalue weighted by Crippen LogP contribution is -2.12. The molecule has 0 spiro atoms. The third kappa shape index (κ3) is 3.58. The fourth-order valence-electron chi connectivity index (χ4n) is 2.00. The molecule has 2 aromatic carbocycles. The summed E-state index contributed by atoms with van der Waals surface area (Å²) in [6, 6.07) is 12.9. The van der Waals surface area contributed by atoms with E-state index in [-0.39, 0.29) is 11.4 Å². The van der Waals surface area contributed by atoms with Gasteiger partial charge in [0.1, 0.15) is 10.7 Å². The van der Waals surface area contributed by atoms with E-state index in [1.54, 1.807) is 23.6 Å². The number of aromatic nitrogens is 1. The number of rotatable bonds is 4. The summed E-state index contributed by atoms with van der Waals surface area (Å²) in [4.78, 5) is 26.8. The van der Waals surface area contributed by atoms with E-state index in [4.69, 9.17) is 11.6 Å². The van der Waals surface area contributed by atoms with Crippen LogP contribution < -0.4 is 5.32 Å². The second kappa shape index (κ2) is 6.77. The van der Waals surface area contributed by atoms with E-state index in [0.29, 0.717) is 15.7 Å². The van der Waals surface area contributed by atoms with Crippen molar-refractivity contribution in [3.05, 3.63) is 74.7 Å². The van der Waals surface area contributed by atoms with Crippen LogP contribution in [0.5, 0.6) is 0 Å². The number of non-ortho nitro benzene ring substituents is 1. The van der Waals surface area contributed by atoms with Crippen molar-refractivity contribution in [2.75, 3.05) is 5.32 Å². The van der Waals surface area contributed by atoms with E-state index >= 15 is 0 Å². The van der Waals surface area contributed by atoms with Gasteiger partial charge in [-0.2, -0.15) is 0 Å². The van der Waals surface area contributed by atoms with Crippen molar-refractivity contribution in [1.82, 2.24) is 4.98 Å². The number of hydrogen-bond acceptors (Lipinski definition) is 5. The monoisotopic (exact) mass is 359 g/mol. The average molecular weight is 360 g/mol. The molecule has 8 heteroatoms. The molecule has 0 radical (unpaired) electrons. The number of carbonyl (C=O) groups is 1. The first kappa shape index (κ1) is 16.1. The molecule has 3 rings (SSSR count). The van der Waals surface area contributed by atoms with Crippen molar-refractivity contribution in [3.8, 4) is 10.6 Å². The lowest BCUT2D eigenvalue weighted by atomic mass is 10.2. The predicted octanol–water partition coefficient (Wildman–Crippen LogP) is 4.62. The van der Waals surface area contributed by atoms with Gasteiger partial charge in [-0.3, -0.25) is 14.9 Å². The lowest BCUT2D eigenvalue weighted by Gasteiger charge is -2.02. The third-order valence-corrected chi connectivity index (χ3v) is 4.29. The van der Waals surface area contributed by atoms with Gasteiger partial charge in [0.25, 0.3) is 11.6 Å². The van der Waals surface area contributed by atoms with Crippen molar-refractivity contribution in [1.29, 1.82) is 0 Å². The molecule has 0 aliphatic rings. The minimum atomic E-state index is -0.517. The number of carbonyl (C=O) groups excluding carboxylic acids is 1. The summed E-state index contributed by atoms with van der Waals surface area (Å²) in [5, 5.41) is 16.3. The maximum Gasteiger partial charge on any atom is 0.275 e. The van der Waals surface area contributed by atoms with Crippen LogP contribution in [0.2, 0.25) is 5.02 Å². The van der Waals surface area contributed by atoms with Gasteiger partial charge in [-0.15, -0.1) is 11.3 Å². The number of hydrogen-bond donors (Lipinski definition) is 1. The van der Waals surface area contributed by atoms with Crippen LogP contribution in [0.1, 0.15) is 10.5 Å². The molecule has 1 heterocycles. The molecule has 0 saturated heterocycles. The van der Waals surface area contributed by atoms with Crippen molar-refractivity contribution < 1.29 is 9.72 Å². The van der Waals surface area contributed by atoms with E-state index in [0.717, 1.165) is 5.56 Å². The molecule has 6 nitrogen and oxygen atoms in total. The fourth-order valence-corrected chi connectivity index (χ4v) is 2.93. The highest BCUT2D eigenvalue weighted by Gasteiger charge is 2.13. The summed E-state index contributed by atoms with van der Waals surface area (Å²) in [7, 11) is 0. The number of nitro groups is 1. The second-order valence-corrected chi connectivity index (χ2v) is 6.10. The molecule has 1 aromatic heterocycles. The van der Waals surface area contributed by atoms with Gasteiger partial charge < -0.3 is 5.32 Å². The average Bonchev–Trinajstić information content (AvgIpc) is 3.06. The van der Waals surface area contributed by atoms with E-state index in [2.05, 4.69) is 10.3 Å². The highest BCUT2D eigenvalue weighted by atomic mass is 35.5. The Balaban J connectivity index is 1.77. The molecule has 3 aromatic rings. The molecule has 120 valence electrons. The number of nitrogens with one attached hydrogen (secondary N) is 1.